The highest BCUT2D eigenvalue weighted by molar-refractivity contribution is 6.05. The molecule has 0 fully saturated rings. The van der Waals surface area contributed by atoms with E-state index < -0.39 is 40.3 Å². The van der Waals surface area contributed by atoms with Gasteiger partial charge in [0.2, 0.25) is 0 Å². The molecule has 31 heavy (non-hydrogen) atoms. The highest BCUT2D eigenvalue weighted by atomic mass is 19.1. The molecule has 0 saturated heterocycles. The standard InChI is InChI=1S/C23H14F4N2O2/c1-11-20(28-19-6-5-15(25)10-16(19)22(11)30)23(31)29-21-17(26)8-13(9-18(21)27)12-3-2-4-14(24)7-12/h2-10H,1H3,(H,28,30)(H,29,31). The van der Waals surface area contributed by atoms with E-state index in [-0.39, 0.29) is 33.3 Å². The summed E-state index contributed by atoms with van der Waals surface area (Å²) in [5.74, 6) is -4.27. The number of halogens is 4. The summed E-state index contributed by atoms with van der Waals surface area (Å²) < 4.78 is 56.0. The molecule has 1 amide bonds. The number of carbonyl (C=O) groups excluding carboxylic acids is 1. The van der Waals surface area contributed by atoms with Crippen LogP contribution in [0.15, 0.2) is 59.4 Å². The Morgan fingerprint density at radius 2 is 1.55 bits per heavy atom. The van der Waals surface area contributed by atoms with Crippen LogP contribution in [-0.2, 0) is 0 Å². The second-order valence-corrected chi connectivity index (χ2v) is 6.92. The SMILES string of the molecule is Cc1c(C(=O)Nc2c(F)cc(-c3cccc(F)c3)cc2F)[nH]c2ccc(F)cc2c1=O. The third kappa shape index (κ3) is 3.79. The minimum atomic E-state index is -1.07. The molecule has 0 aliphatic carbocycles. The molecule has 0 saturated carbocycles. The molecule has 0 spiro atoms. The molecule has 0 radical (unpaired) electrons. The Labute approximate surface area is 173 Å². The molecular weight excluding hydrogens is 412 g/mol. The molecule has 0 unspecified atom stereocenters. The van der Waals surface area contributed by atoms with Crippen LogP contribution in [0.2, 0.25) is 0 Å². The number of aromatic nitrogens is 1. The van der Waals surface area contributed by atoms with Crippen molar-refractivity contribution in [1.29, 1.82) is 0 Å². The van der Waals surface area contributed by atoms with Crippen molar-refractivity contribution in [2.75, 3.05) is 5.32 Å². The highest BCUT2D eigenvalue weighted by Gasteiger charge is 2.20. The van der Waals surface area contributed by atoms with Gasteiger partial charge in [0.25, 0.3) is 5.91 Å². The molecule has 4 aromatic rings. The second-order valence-electron chi connectivity index (χ2n) is 6.92. The van der Waals surface area contributed by atoms with Gasteiger partial charge < -0.3 is 10.3 Å². The van der Waals surface area contributed by atoms with Crippen molar-refractivity contribution < 1.29 is 22.4 Å². The molecule has 0 atom stereocenters. The summed E-state index contributed by atoms with van der Waals surface area (Å²) in [6.45, 7) is 1.35. The molecule has 0 aliphatic rings. The number of benzene rings is 3. The number of aromatic amines is 1. The van der Waals surface area contributed by atoms with E-state index in [0.29, 0.717) is 0 Å². The van der Waals surface area contributed by atoms with Gasteiger partial charge in [0.15, 0.2) is 5.43 Å². The molecule has 3 aromatic carbocycles. The van der Waals surface area contributed by atoms with Gasteiger partial charge in [-0.3, -0.25) is 9.59 Å². The van der Waals surface area contributed by atoms with Crippen molar-refractivity contribution in [3.63, 3.8) is 0 Å². The fourth-order valence-corrected chi connectivity index (χ4v) is 3.29. The van der Waals surface area contributed by atoms with Crippen molar-refractivity contribution in [3.8, 4) is 11.1 Å². The summed E-state index contributed by atoms with van der Waals surface area (Å²) in [4.78, 5) is 27.8. The van der Waals surface area contributed by atoms with E-state index in [1.165, 1.54) is 31.2 Å². The van der Waals surface area contributed by atoms with Crippen LogP contribution in [0.4, 0.5) is 23.2 Å². The highest BCUT2D eigenvalue weighted by Crippen LogP contribution is 2.28. The summed E-state index contributed by atoms with van der Waals surface area (Å²) in [6, 6.07) is 10.6. The minimum Gasteiger partial charge on any atom is -0.350 e. The van der Waals surface area contributed by atoms with E-state index in [1.54, 1.807) is 0 Å². The molecule has 0 aliphatic heterocycles. The topological polar surface area (TPSA) is 62.0 Å². The zero-order valence-electron chi connectivity index (χ0n) is 16.0. The average Bonchev–Trinajstić information content (AvgIpc) is 2.73. The lowest BCUT2D eigenvalue weighted by Crippen LogP contribution is -2.22. The van der Waals surface area contributed by atoms with Crippen LogP contribution >= 0.6 is 0 Å². The van der Waals surface area contributed by atoms with Crippen LogP contribution in [0.5, 0.6) is 0 Å². The zero-order valence-corrected chi connectivity index (χ0v) is 16.0. The fraction of sp³-hybridized carbons (Fsp3) is 0.0435. The summed E-state index contributed by atoms with van der Waals surface area (Å²) in [7, 11) is 0. The maximum Gasteiger partial charge on any atom is 0.272 e. The number of carbonyl (C=O) groups is 1. The molecular formula is C23H14F4N2O2. The molecule has 0 bridgehead atoms. The van der Waals surface area contributed by atoms with Crippen LogP contribution in [0.3, 0.4) is 0 Å². The van der Waals surface area contributed by atoms with Gasteiger partial charge in [-0.05, 0) is 60.5 Å². The Morgan fingerprint density at radius 1 is 0.871 bits per heavy atom. The maximum absolute atomic E-state index is 14.6. The lowest BCUT2D eigenvalue weighted by molar-refractivity contribution is 0.102. The number of H-pyrrole nitrogens is 1. The van der Waals surface area contributed by atoms with Crippen LogP contribution in [0.25, 0.3) is 22.0 Å². The number of nitrogens with one attached hydrogen (secondary N) is 2. The molecule has 4 nitrogen and oxygen atoms in total. The molecule has 4 rings (SSSR count). The fourth-order valence-electron chi connectivity index (χ4n) is 3.29. The third-order valence-electron chi connectivity index (χ3n) is 4.87. The van der Waals surface area contributed by atoms with Gasteiger partial charge in [0.1, 0.15) is 34.7 Å². The van der Waals surface area contributed by atoms with Crippen LogP contribution < -0.4 is 10.7 Å². The van der Waals surface area contributed by atoms with Crippen LogP contribution in [0.1, 0.15) is 16.1 Å². The number of fused-ring (bicyclic) bond motifs is 1. The largest absolute Gasteiger partial charge is 0.350 e. The van der Waals surface area contributed by atoms with Crippen molar-refractivity contribution in [1.82, 2.24) is 4.98 Å². The van der Waals surface area contributed by atoms with Gasteiger partial charge >= 0.3 is 0 Å². The molecule has 2 N–H and O–H groups in total. The van der Waals surface area contributed by atoms with Crippen molar-refractivity contribution in [2.24, 2.45) is 0 Å². The molecule has 8 heteroatoms. The zero-order chi connectivity index (χ0) is 22.3. The van der Waals surface area contributed by atoms with Crippen molar-refractivity contribution in [3.05, 3.63) is 99.3 Å². The molecule has 156 valence electrons. The number of pyridine rings is 1. The van der Waals surface area contributed by atoms with Crippen LogP contribution in [0, 0.1) is 30.2 Å². The van der Waals surface area contributed by atoms with Gasteiger partial charge in [-0.15, -0.1) is 0 Å². The first-order valence-corrected chi connectivity index (χ1v) is 9.13. The Hall–Kier alpha value is -3.94. The van der Waals surface area contributed by atoms with E-state index in [2.05, 4.69) is 10.3 Å². The van der Waals surface area contributed by atoms with E-state index >= 15 is 0 Å². The normalized spacial score (nSPS) is 11.0. The summed E-state index contributed by atoms with van der Waals surface area (Å²) >= 11 is 0. The Kier molecular flexibility index (Phi) is 5.06. The number of anilines is 1. The average molecular weight is 426 g/mol. The Balaban J connectivity index is 1.71. The quantitative estimate of drug-likeness (QED) is 0.436. The van der Waals surface area contributed by atoms with E-state index in [9.17, 15) is 27.2 Å². The van der Waals surface area contributed by atoms with E-state index in [0.717, 1.165) is 30.3 Å². The lowest BCUT2D eigenvalue weighted by atomic mass is 10.0. The minimum absolute atomic E-state index is 0.0344. The van der Waals surface area contributed by atoms with Crippen LogP contribution in [-0.4, -0.2) is 10.9 Å². The number of hydrogen-bond acceptors (Lipinski definition) is 2. The smallest absolute Gasteiger partial charge is 0.272 e. The van der Waals surface area contributed by atoms with E-state index in [4.69, 9.17) is 0 Å². The first-order valence-electron chi connectivity index (χ1n) is 9.13. The van der Waals surface area contributed by atoms with E-state index in [1.807, 2.05) is 0 Å². The molecule has 1 aromatic heterocycles. The Morgan fingerprint density at radius 3 is 2.23 bits per heavy atom. The number of amides is 1. The molecule has 1 heterocycles. The Bertz CT molecular complexity index is 1390. The summed E-state index contributed by atoms with van der Waals surface area (Å²) in [6.07, 6.45) is 0. The second kappa shape index (κ2) is 7.71. The predicted octanol–water partition coefficient (Wildman–Crippen LogP) is 5.31. The number of hydrogen-bond donors (Lipinski definition) is 2. The van der Waals surface area contributed by atoms with Crippen molar-refractivity contribution in [2.45, 2.75) is 6.92 Å². The van der Waals surface area contributed by atoms with Gasteiger partial charge in [-0.2, -0.15) is 0 Å². The first kappa shape index (κ1) is 20.3. The number of rotatable bonds is 3. The predicted molar refractivity (Wildman–Crippen MR) is 109 cm³/mol. The monoisotopic (exact) mass is 426 g/mol. The maximum atomic E-state index is 14.6. The first-order chi connectivity index (χ1) is 14.7. The van der Waals surface area contributed by atoms with Gasteiger partial charge in [-0.1, -0.05) is 12.1 Å². The lowest BCUT2D eigenvalue weighted by Gasteiger charge is -2.12. The van der Waals surface area contributed by atoms with Gasteiger partial charge in [-0.25, -0.2) is 17.6 Å². The van der Waals surface area contributed by atoms with Crippen molar-refractivity contribution >= 4 is 22.5 Å². The van der Waals surface area contributed by atoms with Gasteiger partial charge in [0.05, 0.1) is 5.52 Å². The summed E-state index contributed by atoms with van der Waals surface area (Å²) in [5, 5.41) is 2.17. The third-order valence-corrected chi connectivity index (χ3v) is 4.87. The summed E-state index contributed by atoms with van der Waals surface area (Å²) in [5.41, 5.74) is -0.998. The van der Waals surface area contributed by atoms with Gasteiger partial charge in [0, 0.05) is 10.9 Å².